The quantitative estimate of drug-likeness (QED) is 0.289. The van der Waals surface area contributed by atoms with Crippen molar-refractivity contribution in [2.75, 3.05) is 47.4 Å². The average molecular weight is 273 g/mol. The average Bonchev–Trinajstić information content (AvgIpc) is 2.31. The van der Waals surface area contributed by atoms with E-state index < -0.39 is 0 Å². The summed E-state index contributed by atoms with van der Waals surface area (Å²) < 4.78 is 5.11. The molecule has 0 rings (SSSR count). The van der Waals surface area contributed by atoms with Crippen LogP contribution in [0.2, 0.25) is 0 Å². The highest BCUT2D eigenvalue weighted by Crippen LogP contribution is 2.01. The van der Waals surface area contributed by atoms with Gasteiger partial charge in [0.1, 0.15) is 0 Å². The number of nitrogens with two attached hydrogens (primary N) is 1. The maximum absolute atomic E-state index is 5.62. The van der Waals surface area contributed by atoms with Crippen molar-refractivity contribution < 1.29 is 4.74 Å². The Hall–Kier alpha value is -0.850. The summed E-state index contributed by atoms with van der Waals surface area (Å²) in [5, 5.41) is 0. The second-order valence-electron chi connectivity index (χ2n) is 5.54. The van der Waals surface area contributed by atoms with Gasteiger partial charge in [-0.2, -0.15) is 0 Å². The van der Waals surface area contributed by atoms with Gasteiger partial charge in [-0.25, -0.2) is 10.8 Å². The normalized spacial score (nSPS) is 14.1. The van der Waals surface area contributed by atoms with Crippen LogP contribution < -0.4 is 11.3 Å². The molecule has 6 heteroatoms. The number of hydrogen-bond acceptors (Lipinski definition) is 4. The Kier molecular flexibility index (Phi) is 9.55. The number of nitrogens with zero attached hydrogens (tertiary/aromatic N) is 3. The molecule has 0 heterocycles. The minimum atomic E-state index is 0.0880. The summed E-state index contributed by atoms with van der Waals surface area (Å²) in [4.78, 5) is 8.92. The largest absolute Gasteiger partial charge is 0.382 e. The third-order valence-electron chi connectivity index (χ3n) is 2.58. The first kappa shape index (κ1) is 18.1. The molecule has 0 radical (unpaired) electrons. The minimum absolute atomic E-state index is 0.0880. The summed E-state index contributed by atoms with van der Waals surface area (Å²) in [6.07, 6.45) is 0. The molecule has 0 saturated heterocycles. The minimum Gasteiger partial charge on any atom is -0.382 e. The van der Waals surface area contributed by atoms with Crippen molar-refractivity contribution in [3.8, 4) is 0 Å². The predicted octanol–water partition coefficient (Wildman–Crippen LogP) is 0.360. The molecule has 0 bridgehead atoms. The van der Waals surface area contributed by atoms with Gasteiger partial charge < -0.3 is 14.5 Å². The Balaban J connectivity index is 4.74. The highest BCUT2D eigenvalue weighted by atomic mass is 16.5. The molecule has 0 aromatic carbocycles. The van der Waals surface area contributed by atoms with Gasteiger partial charge >= 0.3 is 0 Å². The zero-order chi connectivity index (χ0) is 14.8. The SMILES string of the molecule is COCC(C)N=C(NN)N(CCN(C)C)CC(C)C. The predicted molar refractivity (Wildman–Crippen MR) is 81.1 cm³/mol. The molecule has 0 saturated carbocycles. The van der Waals surface area contributed by atoms with Gasteiger partial charge in [0.05, 0.1) is 12.6 Å². The summed E-state index contributed by atoms with van der Waals surface area (Å²) in [6, 6.07) is 0.0880. The van der Waals surface area contributed by atoms with Crippen LogP contribution in [0.1, 0.15) is 20.8 Å². The zero-order valence-corrected chi connectivity index (χ0v) is 13.3. The molecular weight excluding hydrogens is 242 g/mol. The molecule has 0 fully saturated rings. The molecule has 0 aliphatic rings. The number of methoxy groups -OCH3 is 1. The molecule has 19 heavy (non-hydrogen) atoms. The van der Waals surface area contributed by atoms with Crippen molar-refractivity contribution in [2.45, 2.75) is 26.8 Å². The lowest BCUT2D eigenvalue weighted by atomic mass is 10.2. The second-order valence-corrected chi connectivity index (χ2v) is 5.54. The van der Waals surface area contributed by atoms with Crippen LogP contribution >= 0.6 is 0 Å². The molecule has 0 amide bonds. The van der Waals surface area contributed by atoms with Crippen LogP contribution in [0, 0.1) is 5.92 Å². The van der Waals surface area contributed by atoms with Gasteiger partial charge in [0.15, 0.2) is 0 Å². The highest BCUT2D eigenvalue weighted by molar-refractivity contribution is 5.79. The van der Waals surface area contributed by atoms with E-state index in [1.165, 1.54) is 0 Å². The fraction of sp³-hybridized carbons (Fsp3) is 0.923. The van der Waals surface area contributed by atoms with E-state index in [0.29, 0.717) is 12.5 Å². The van der Waals surface area contributed by atoms with E-state index >= 15 is 0 Å². The van der Waals surface area contributed by atoms with Gasteiger partial charge in [-0.3, -0.25) is 5.43 Å². The number of guanidine groups is 1. The van der Waals surface area contributed by atoms with Gasteiger partial charge in [0.2, 0.25) is 5.96 Å². The lowest BCUT2D eigenvalue weighted by Gasteiger charge is -2.29. The van der Waals surface area contributed by atoms with Gasteiger partial charge in [-0.15, -0.1) is 0 Å². The molecule has 3 N–H and O–H groups in total. The molecule has 0 aliphatic heterocycles. The van der Waals surface area contributed by atoms with Crippen molar-refractivity contribution >= 4 is 5.96 Å². The van der Waals surface area contributed by atoms with Gasteiger partial charge in [0, 0.05) is 26.7 Å². The number of rotatable bonds is 8. The lowest BCUT2D eigenvalue weighted by molar-refractivity contribution is 0.184. The van der Waals surface area contributed by atoms with Crippen LogP contribution in [0.25, 0.3) is 0 Å². The Bertz CT molecular complexity index is 255. The maximum Gasteiger partial charge on any atom is 0.208 e. The molecule has 0 spiro atoms. The number of ether oxygens (including phenoxy) is 1. The van der Waals surface area contributed by atoms with Gasteiger partial charge in [-0.1, -0.05) is 13.8 Å². The fourth-order valence-corrected chi connectivity index (χ4v) is 1.74. The van der Waals surface area contributed by atoms with Crippen molar-refractivity contribution in [1.29, 1.82) is 0 Å². The molecular formula is C13H31N5O. The van der Waals surface area contributed by atoms with E-state index in [4.69, 9.17) is 10.6 Å². The van der Waals surface area contributed by atoms with Crippen LogP contribution in [0.3, 0.4) is 0 Å². The molecule has 1 unspecified atom stereocenters. The molecule has 0 aliphatic carbocycles. The molecule has 1 atom stereocenters. The second kappa shape index (κ2) is 10.00. The van der Waals surface area contributed by atoms with Crippen LogP contribution in [0.4, 0.5) is 0 Å². The first-order valence-corrected chi connectivity index (χ1v) is 6.83. The third kappa shape index (κ3) is 8.80. The molecule has 0 aromatic heterocycles. The lowest BCUT2D eigenvalue weighted by Crippen LogP contribution is -2.49. The summed E-state index contributed by atoms with van der Waals surface area (Å²) in [6.45, 7) is 9.77. The van der Waals surface area contributed by atoms with E-state index in [1.807, 2.05) is 6.92 Å². The van der Waals surface area contributed by atoms with E-state index in [0.717, 1.165) is 25.6 Å². The third-order valence-corrected chi connectivity index (χ3v) is 2.58. The van der Waals surface area contributed by atoms with Crippen molar-refractivity contribution in [3.05, 3.63) is 0 Å². The number of hydrazine groups is 1. The van der Waals surface area contributed by atoms with Gasteiger partial charge in [-0.05, 0) is 26.9 Å². The fourth-order valence-electron chi connectivity index (χ4n) is 1.74. The summed E-state index contributed by atoms with van der Waals surface area (Å²) in [5.41, 5.74) is 2.72. The number of likely N-dealkylation sites (N-methyl/N-ethyl adjacent to an activating group) is 1. The van der Waals surface area contributed by atoms with Crippen LogP contribution in [-0.4, -0.2) is 69.2 Å². The Labute approximate surface area is 118 Å². The van der Waals surface area contributed by atoms with E-state index in [1.54, 1.807) is 7.11 Å². The van der Waals surface area contributed by atoms with Crippen LogP contribution in [-0.2, 0) is 4.74 Å². The number of nitrogens with one attached hydrogen (secondary N) is 1. The standard InChI is InChI=1S/C13H31N5O/c1-11(2)9-18(8-7-17(4)5)13(16-14)15-12(3)10-19-6/h11-12H,7-10,14H2,1-6H3,(H,15,16). The topological polar surface area (TPSA) is 66.1 Å². The van der Waals surface area contributed by atoms with E-state index in [-0.39, 0.29) is 6.04 Å². The van der Waals surface area contributed by atoms with Crippen molar-refractivity contribution in [3.63, 3.8) is 0 Å². The Morgan fingerprint density at radius 2 is 1.89 bits per heavy atom. The Morgan fingerprint density at radius 1 is 1.26 bits per heavy atom. The van der Waals surface area contributed by atoms with E-state index in [9.17, 15) is 0 Å². The number of hydrogen-bond donors (Lipinski definition) is 2. The maximum atomic E-state index is 5.62. The monoisotopic (exact) mass is 273 g/mol. The van der Waals surface area contributed by atoms with E-state index in [2.05, 4.69) is 48.2 Å². The molecule has 114 valence electrons. The Morgan fingerprint density at radius 3 is 2.32 bits per heavy atom. The molecule has 0 aromatic rings. The number of aliphatic imine (C=N–C) groups is 1. The summed E-state index contributed by atoms with van der Waals surface area (Å²) >= 11 is 0. The first-order chi connectivity index (χ1) is 8.90. The summed E-state index contributed by atoms with van der Waals surface area (Å²) in [5.74, 6) is 6.91. The zero-order valence-electron chi connectivity index (χ0n) is 13.3. The van der Waals surface area contributed by atoms with Crippen molar-refractivity contribution in [1.82, 2.24) is 15.2 Å². The smallest absolute Gasteiger partial charge is 0.208 e. The first-order valence-electron chi connectivity index (χ1n) is 6.83. The van der Waals surface area contributed by atoms with Gasteiger partial charge in [0.25, 0.3) is 0 Å². The highest BCUT2D eigenvalue weighted by Gasteiger charge is 2.13. The van der Waals surface area contributed by atoms with Crippen LogP contribution in [0.5, 0.6) is 0 Å². The van der Waals surface area contributed by atoms with Crippen molar-refractivity contribution in [2.24, 2.45) is 16.8 Å². The summed E-state index contributed by atoms with van der Waals surface area (Å²) in [7, 11) is 5.81. The molecule has 6 nitrogen and oxygen atoms in total. The van der Waals surface area contributed by atoms with Crippen LogP contribution in [0.15, 0.2) is 4.99 Å².